The quantitative estimate of drug-likeness (QED) is 0.659. The van der Waals surface area contributed by atoms with Crippen LogP contribution in [-0.4, -0.2) is 45.3 Å². The highest BCUT2D eigenvalue weighted by Crippen LogP contribution is 2.24. The molecule has 1 fully saturated rings. The molecule has 0 radical (unpaired) electrons. The monoisotopic (exact) mass is 363 g/mol. The molecule has 3 amide bonds. The van der Waals surface area contributed by atoms with Gasteiger partial charge in [0.25, 0.3) is 0 Å². The van der Waals surface area contributed by atoms with Gasteiger partial charge < -0.3 is 25.4 Å². The number of hydrogen-bond donors (Lipinski definition) is 3. The van der Waals surface area contributed by atoms with Gasteiger partial charge in [0.15, 0.2) is 0 Å². The molecule has 0 aliphatic heterocycles. The van der Waals surface area contributed by atoms with Crippen molar-refractivity contribution in [2.75, 3.05) is 27.3 Å². The topological polar surface area (TPSA) is 88.7 Å². The molecular weight excluding hydrogens is 334 g/mol. The van der Waals surface area contributed by atoms with Gasteiger partial charge in [-0.25, -0.2) is 4.79 Å². The van der Waals surface area contributed by atoms with Gasteiger partial charge in [-0.1, -0.05) is 19.3 Å². The molecule has 2 rings (SSSR count). The Kier molecular flexibility index (Phi) is 8.05. The number of methoxy groups -OCH3 is 2. The number of ether oxygens (including phenoxy) is 2. The van der Waals surface area contributed by atoms with Crippen molar-refractivity contribution < 1.29 is 19.1 Å². The van der Waals surface area contributed by atoms with Crippen molar-refractivity contribution >= 4 is 11.9 Å². The van der Waals surface area contributed by atoms with E-state index in [1.165, 1.54) is 6.42 Å². The zero-order valence-corrected chi connectivity index (χ0v) is 15.6. The first-order chi connectivity index (χ1) is 12.6. The summed E-state index contributed by atoms with van der Waals surface area (Å²) in [4.78, 5) is 23.7. The van der Waals surface area contributed by atoms with Crippen LogP contribution in [0, 0.1) is 0 Å². The van der Waals surface area contributed by atoms with Crippen LogP contribution in [0.4, 0.5) is 4.79 Å². The fourth-order valence-electron chi connectivity index (χ4n) is 3.12. The Balaban J connectivity index is 1.67. The normalized spacial score (nSPS) is 14.4. The van der Waals surface area contributed by atoms with Crippen molar-refractivity contribution in [2.24, 2.45) is 0 Å². The molecule has 1 aromatic carbocycles. The van der Waals surface area contributed by atoms with Crippen LogP contribution in [0.3, 0.4) is 0 Å². The number of carbonyl (C=O) groups excluding carboxylic acids is 2. The smallest absolute Gasteiger partial charge is 0.315 e. The van der Waals surface area contributed by atoms with Gasteiger partial charge in [-0.2, -0.15) is 0 Å². The first-order valence-corrected chi connectivity index (χ1v) is 9.14. The van der Waals surface area contributed by atoms with Gasteiger partial charge in [-0.3, -0.25) is 4.79 Å². The molecule has 144 valence electrons. The minimum atomic E-state index is -0.276. The van der Waals surface area contributed by atoms with E-state index in [0.717, 1.165) is 42.7 Å². The molecule has 0 aromatic heterocycles. The molecule has 7 nitrogen and oxygen atoms in total. The van der Waals surface area contributed by atoms with Crippen molar-refractivity contribution in [3.05, 3.63) is 23.8 Å². The van der Waals surface area contributed by atoms with Crippen LogP contribution in [0.15, 0.2) is 18.2 Å². The van der Waals surface area contributed by atoms with Crippen molar-refractivity contribution in [1.82, 2.24) is 16.0 Å². The first kappa shape index (κ1) is 19.9. The number of amides is 3. The summed E-state index contributed by atoms with van der Waals surface area (Å²) in [6.07, 6.45) is 6.18. The predicted octanol–water partition coefficient (Wildman–Crippen LogP) is 1.99. The first-order valence-electron chi connectivity index (χ1n) is 9.14. The standard InChI is InChI=1S/C19H29N3O4/c1-25-16-8-9-17(26-2)14(12-16)10-11-20-18(23)13-21-19(24)22-15-6-4-3-5-7-15/h8-9,12,15H,3-7,10-11,13H2,1-2H3,(H,20,23)(H2,21,22,24). The summed E-state index contributed by atoms with van der Waals surface area (Å²) in [5.41, 5.74) is 0.954. The minimum absolute atomic E-state index is 0.0339. The number of nitrogens with one attached hydrogen (secondary N) is 3. The summed E-state index contributed by atoms with van der Waals surface area (Å²) < 4.78 is 10.5. The fraction of sp³-hybridized carbons (Fsp3) is 0.579. The number of benzene rings is 1. The molecule has 0 saturated heterocycles. The third-order valence-electron chi connectivity index (χ3n) is 4.55. The molecule has 1 aliphatic carbocycles. The van der Waals surface area contributed by atoms with Crippen LogP contribution in [0.1, 0.15) is 37.7 Å². The highest BCUT2D eigenvalue weighted by molar-refractivity contribution is 5.83. The summed E-state index contributed by atoms with van der Waals surface area (Å²) in [6, 6.07) is 5.51. The number of hydrogen-bond acceptors (Lipinski definition) is 4. The van der Waals surface area contributed by atoms with Gasteiger partial charge in [0.05, 0.1) is 20.8 Å². The van der Waals surface area contributed by atoms with Gasteiger partial charge in [0.1, 0.15) is 11.5 Å². The molecule has 7 heteroatoms. The van der Waals surface area contributed by atoms with Crippen LogP contribution in [0.5, 0.6) is 11.5 Å². The molecular formula is C19H29N3O4. The lowest BCUT2D eigenvalue weighted by Gasteiger charge is -2.22. The molecule has 1 saturated carbocycles. The summed E-state index contributed by atoms with van der Waals surface area (Å²) >= 11 is 0. The Labute approximate surface area is 154 Å². The van der Waals surface area contributed by atoms with Crippen molar-refractivity contribution in [3.8, 4) is 11.5 Å². The SMILES string of the molecule is COc1ccc(OC)c(CCNC(=O)CNC(=O)NC2CCCCC2)c1. The van der Waals surface area contributed by atoms with Gasteiger partial charge in [-0.15, -0.1) is 0 Å². The van der Waals surface area contributed by atoms with Crippen LogP contribution < -0.4 is 25.4 Å². The third kappa shape index (κ3) is 6.46. The second-order valence-electron chi connectivity index (χ2n) is 6.44. The average Bonchev–Trinajstić information content (AvgIpc) is 2.67. The van der Waals surface area contributed by atoms with Gasteiger partial charge in [-0.05, 0) is 43.0 Å². The van der Waals surface area contributed by atoms with E-state index in [1.807, 2.05) is 18.2 Å². The Morgan fingerprint density at radius 1 is 1.08 bits per heavy atom. The Hall–Kier alpha value is -2.44. The van der Waals surface area contributed by atoms with Crippen molar-refractivity contribution in [1.29, 1.82) is 0 Å². The zero-order chi connectivity index (χ0) is 18.8. The predicted molar refractivity (Wildman–Crippen MR) is 99.7 cm³/mol. The van der Waals surface area contributed by atoms with E-state index in [9.17, 15) is 9.59 Å². The van der Waals surface area contributed by atoms with Gasteiger partial charge in [0, 0.05) is 12.6 Å². The lowest BCUT2D eigenvalue weighted by Crippen LogP contribution is -2.46. The molecule has 0 unspecified atom stereocenters. The Morgan fingerprint density at radius 2 is 1.85 bits per heavy atom. The van der Waals surface area contributed by atoms with Crippen LogP contribution in [-0.2, 0) is 11.2 Å². The fourth-order valence-corrected chi connectivity index (χ4v) is 3.12. The van der Waals surface area contributed by atoms with E-state index in [0.29, 0.717) is 13.0 Å². The largest absolute Gasteiger partial charge is 0.497 e. The lowest BCUT2D eigenvalue weighted by molar-refractivity contribution is -0.120. The second kappa shape index (κ2) is 10.5. The maximum Gasteiger partial charge on any atom is 0.315 e. The van der Waals surface area contributed by atoms with Crippen LogP contribution >= 0.6 is 0 Å². The van der Waals surface area contributed by atoms with E-state index in [4.69, 9.17) is 9.47 Å². The molecule has 0 atom stereocenters. The number of urea groups is 1. The number of rotatable bonds is 8. The van der Waals surface area contributed by atoms with Crippen molar-refractivity contribution in [3.63, 3.8) is 0 Å². The van der Waals surface area contributed by atoms with Gasteiger partial charge in [0.2, 0.25) is 5.91 Å². The average molecular weight is 363 g/mol. The summed E-state index contributed by atoms with van der Waals surface area (Å²) in [5, 5.41) is 8.34. The highest BCUT2D eigenvalue weighted by Gasteiger charge is 2.15. The molecule has 26 heavy (non-hydrogen) atoms. The lowest BCUT2D eigenvalue weighted by atomic mass is 9.96. The van der Waals surface area contributed by atoms with Crippen LogP contribution in [0.2, 0.25) is 0 Å². The maximum absolute atomic E-state index is 11.9. The zero-order valence-electron chi connectivity index (χ0n) is 15.6. The molecule has 0 bridgehead atoms. The van der Waals surface area contributed by atoms with E-state index < -0.39 is 0 Å². The molecule has 0 spiro atoms. The summed E-state index contributed by atoms with van der Waals surface area (Å²) in [5.74, 6) is 1.28. The van der Waals surface area contributed by atoms with E-state index in [1.54, 1.807) is 14.2 Å². The minimum Gasteiger partial charge on any atom is -0.497 e. The van der Waals surface area contributed by atoms with E-state index in [-0.39, 0.29) is 24.5 Å². The van der Waals surface area contributed by atoms with Crippen molar-refractivity contribution in [2.45, 2.75) is 44.6 Å². The second-order valence-corrected chi connectivity index (χ2v) is 6.44. The summed E-state index contributed by atoms with van der Waals surface area (Å²) in [7, 11) is 3.22. The highest BCUT2D eigenvalue weighted by atomic mass is 16.5. The van der Waals surface area contributed by atoms with E-state index in [2.05, 4.69) is 16.0 Å². The third-order valence-corrected chi connectivity index (χ3v) is 4.55. The maximum atomic E-state index is 11.9. The molecule has 0 heterocycles. The van der Waals surface area contributed by atoms with Gasteiger partial charge >= 0.3 is 6.03 Å². The molecule has 1 aromatic rings. The van der Waals surface area contributed by atoms with E-state index >= 15 is 0 Å². The molecule has 1 aliphatic rings. The molecule has 3 N–H and O–H groups in total. The summed E-state index contributed by atoms with van der Waals surface area (Å²) in [6.45, 7) is 0.419. The Bertz CT molecular complexity index is 600. The number of carbonyl (C=O) groups is 2. The Morgan fingerprint density at radius 3 is 2.54 bits per heavy atom. The van der Waals surface area contributed by atoms with Crippen LogP contribution in [0.25, 0.3) is 0 Å².